The summed E-state index contributed by atoms with van der Waals surface area (Å²) >= 11 is 6.24. The third-order valence-electron chi connectivity index (χ3n) is 6.39. The first kappa shape index (κ1) is 23.3. The Balaban J connectivity index is 1.46. The average molecular weight is 503 g/mol. The van der Waals surface area contributed by atoms with Crippen LogP contribution in [0.25, 0.3) is 10.9 Å². The molecule has 1 aliphatic heterocycles. The second kappa shape index (κ2) is 8.33. The van der Waals surface area contributed by atoms with Crippen molar-refractivity contribution in [3.8, 4) is 5.75 Å². The van der Waals surface area contributed by atoms with Crippen molar-refractivity contribution in [2.24, 2.45) is 0 Å². The van der Waals surface area contributed by atoms with Crippen LogP contribution in [0.1, 0.15) is 44.1 Å². The van der Waals surface area contributed by atoms with Crippen LogP contribution in [0.4, 0.5) is 21.1 Å². The summed E-state index contributed by atoms with van der Waals surface area (Å²) in [5.41, 5.74) is -0.128. The molecule has 2 aromatic heterocycles. The molecule has 2 N–H and O–H groups in total. The number of halogens is 2. The van der Waals surface area contributed by atoms with Crippen molar-refractivity contribution >= 4 is 40.5 Å². The van der Waals surface area contributed by atoms with Gasteiger partial charge in [-0.2, -0.15) is 15.0 Å². The van der Waals surface area contributed by atoms with Gasteiger partial charge >= 0.3 is 6.09 Å². The van der Waals surface area contributed by atoms with Gasteiger partial charge in [0.2, 0.25) is 11.9 Å². The first-order valence-corrected chi connectivity index (χ1v) is 11.6. The molecule has 184 valence electrons. The first-order chi connectivity index (χ1) is 16.6. The zero-order valence-electron chi connectivity index (χ0n) is 19.6. The summed E-state index contributed by atoms with van der Waals surface area (Å²) < 4.78 is 25.2. The van der Waals surface area contributed by atoms with Crippen molar-refractivity contribution in [1.29, 1.82) is 0 Å². The van der Waals surface area contributed by atoms with Crippen LogP contribution in [0.15, 0.2) is 23.0 Å². The Morgan fingerprint density at radius 3 is 2.66 bits per heavy atom. The van der Waals surface area contributed by atoms with Crippen LogP contribution in [-0.4, -0.2) is 51.0 Å². The highest BCUT2D eigenvalue weighted by atomic mass is 35.5. The van der Waals surface area contributed by atoms with E-state index in [4.69, 9.17) is 21.1 Å². The molecule has 3 heterocycles. The maximum absolute atomic E-state index is 14.5. The van der Waals surface area contributed by atoms with Crippen LogP contribution in [0.2, 0.25) is 5.02 Å². The van der Waals surface area contributed by atoms with Crippen molar-refractivity contribution in [3.63, 3.8) is 0 Å². The number of carbonyl (C=O) groups excluding carboxylic acids is 1. The molecule has 3 atom stereocenters. The summed E-state index contributed by atoms with van der Waals surface area (Å²) in [5.74, 6) is 0.922. The van der Waals surface area contributed by atoms with E-state index < -0.39 is 29.9 Å². The van der Waals surface area contributed by atoms with Crippen molar-refractivity contribution in [3.05, 3.63) is 45.0 Å². The average Bonchev–Trinajstić information content (AvgIpc) is 3.48. The van der Waals surface area contributed by atoms with Crippen molar-refractivity contribution in [1.82, 2.24) is 19.9 Å². The van der Waals surface area contributed by atoms with Crippen LogP contribution in [0, 0.1) is 6.92 Å². The molecular formula is C23H24ClFN6O4. The van der Waals surface area contributed by atoms with Crippen LogP contribution >= 0.6 is 11.6 Å². The molecular weight excluding hydrogens is 479 g/mol. The minimum Gasteiger partial charge on any atom is -0.495 e. The number of nitrogens with one attached hydrogen (secondary N) is 2. The fraction of sp³-hybridized carbons (Fsp3) is 0.435. The van der Waals surface area contributed by atoms with E-state index in [1.54, 1.807) is 32.0 Å². The van der Waals surface area contributed by atoms with Gasteiger partial charge in [0.15, 0.2) is 0 Å². The van der Waals surface area contributed by atoms with Gasteiger partial charge in [-0.3, -0.25) is 4.79 Å². The fourth-order valence-electron chi connectivity index (χ4n) is 4.60. The number of carbonyl (C=O) groups is 1. The molecule has 2 fully saturated rings. The predicted octanol–water partition coefficient (Wildman–Crippen LogP) is 4.07. The number of rotatable bonds is 6. The number of aromatic amines is 1. The molecule has 1 unspecified atom stereocenters. The number of hydrogen-bond acceptors (Lipinski definition) is 8. The maximum atomic E-state index is 14.5. The number of H-pyrrole nitrogens is 1. The van der Waals surface area contributed by atoms with E-state index in [9.17, 15) is 14.0 Å². The van der Waals surface area contributed by atoms with Gasteiger partial charge < -0.3 is 19.8 Å². The molecule has 1 spiro atoms. The van der Waals surface area contributed by atoms with Crippen LogP contribution in [-0.2, 0) is 4.74 Å². The fourth-order valence-corrected chi connectivity index (χ4v) is 4.85. The molecule has 1 amide bonds. The minimum atomic E-state index is -1.34. The molecule has 1 aromatic carbocycles. The lowest BCUT2D eigenvalue weighted by molar-refractivity contribution is 0.101. The normalized spacial score (nSPS) is 20.1. The molecule has 10 nitrogen and oxygen atoms in total. The lowest BCUT2D eigenvalue weighted by Crippen LogP contribution is -2.45. The summed E-state index contributed by atoms with van der Waals surface area (Å²) in [5, 5.41) is 4.23. The SMILES string of the molecule is COc1cc2[nH]c(=O)c([C@H](C)Nc3nc(C)nc(N4C(=O)OC5(CC5)[C@@H]4C(C)F)n3)cc2cc1Cl. The number of methoxy groups -OCH3 is 1. The van der Waals surface area contributed by atoms with Crippen LogP contribution < -0.4 is 20.5 Å². The summed E-state index contributed by atoms with van der Waals surface area (Å²) in [7, 11) is 1.50. The minimum absolute atomic E-state index is 0.00164. The quantitative estimate of drug-likeness (QED) is 0.517. The molecule has 3 aromatic rings. The number of aromatic nitrogens is 4. The van der Waals surface area contributed by atoms with E-state index in [-0.39, 0.29) is 17.5 Å². The van der Waals surface area contributed by atoms with Gasteiger partial charge in [0.25, 0.3) is 5.56 Å². The second-order valence-electron chi connectivity index (χ2n) is 8.93. The highest BCUT2D eigenvalue weighted by molar-refractivity contribution is 6.32. The van der Waals surface area contributed by atoms with Gasteiger partial charge in [-0.1, -0.05) is 11.6 Å². The van der Waals surface area contributed by atoms with Crippen molar-refractivity contribution < 1.29 is 18.7 Å². The van der Waals surface area contributed by atoms with Gasteiger partial charge in [-0.25, -0.2) is 14.1 Å². The lowest BCUT2D eigenvalue weighted by atomic mass is 10.1. The Morgan fingerprint density at radius 1 is 1.26 bits per heavy atom. The number of anilines is 2. The first-order valence-electron chi connectivity index (χ1n) is 11.2. The third kappa shape index (κ3) is 4.03. The molecule has 35 heavy (non-hydrogen) atoms. The number of fused-ring (bicyclic) bond motifs is 1. The molecule has 2 aliphatic rings. The third-order valence-corrected chi connectivity index (χ3v) is 6.69. The predicted molar refractivity (Wildman–Crippen MR) is 128 cm³/mol. The van der Waals surface area contributed by atoms with Crippen LogP contribution in [0.5, 0.6) is 5.75 Å². The molecule has 1 saturated carbocycles. The Labute approximate surface area is 204 Å². The smallest absolute Gasteiger partial charge is 0.417 e. The largest absolute Gasteiger partial charge is 0.495 e. The Morgan fingerprint density at radius 2 is 2.00 bits per heavy atom. The van der Waals surface area contributed by atoms with E-state index in [2.05, 4.69) is 25.3 Å². The highest BCUT2D eigenvalue weighted by Gasteiger charge is 2.65. The van der Waals surface area contributed by atoms with Gasteiger partial charge in [-0.15, -0.1) is 0 Å². The highest BCUT2D eigenvalue weighted by Crippen LogP contribution is 2.51. The monoisotopic (exact) mass is 502 g/mol. The molecule has 0 radical (unpaired) electrons. The Hall–Kier alpha value is -3.47. The number of alkyl halides is 1. The second-order valence-corrected chi connectivity index (χ2v) is 9.33. The number of hydrogen-bond donors (Lipinski definition) is 2. The van der Waals surface area contributed by atoms with Crippen molar-refractivity contribution in [2.45, 2.75) is 57.5 Å². The van der Waals surface area contributed by atoms with E-state index >= 15 is 0 Å². The Bertz CT molecular complexity index is 1390. The Kier molecular flexibility index (Phi) is 5.54. The summed E-state index contributed by atoms with van der Waals surface area (Å²) in [6.45, 7) is 4.81. The van der Waals surface area contributed by atoms with Gasteiger partial charge in [0.1, 0.15) is 29.4 Å². The molecule has 5 rings (SSSR count). The topological polar surface area (TPSA) is 122 Å². The summed E-state index contributed by atoms with van der Waals surface area (Å²) in [6.07, 6.45) is -0.819. The van der Waals surface area contributed by atoms with Crippen molar-refractivity contribution in [2.75, 3.05) is 17.3 Å². The van der Waals surface area contributed by atoms with Gasteiger partial charge in [0, 0.05) is 17.0 Å². The van der Waals surface area contributed by atoms with Crippen LogP contribution in [0.3, 0.4) is 0 Å². The number of nitrogens with zero attached hydrogens (tertiary/aromatic N) is 4. The summed E-state index contributed by atoms with van der Waals surface area (Å²) in [4.78, 5) is 42.3. The number of benzene rings is 1. The van der Waals surface area contributed by atoms with E-state index in [1.807, 2.05) is 0 Å². The van der Waals surface area contributed by atoms with Gasteiger partial charge in [-0.05, 0) is 45.7 Å². The van der Waals surface area contributed by atoms with Gasteiger partial charge in [0.05, 0.1) is 23.7 Å². The number of pyridine rings is 1. The number of amides is 1. The van der Waals surface area contributed by atoms with E-state index in [1.165, 1.54) is 18.9 Å². The number of aryl methyl sites for hydroxylation is 1. The molecule has 0 bridgehead atoms. The number of ether oxygens (including phenoxy) is 2. The maximum Gasteiger partial charge on any atom is 0.417 e. The zero-order chi connectivity index (χ0) is 25.1. The molecule has 1 aliphatic carbocycles. The molecule has 12 heteroatoms. The standard InChI is InChI=1S/C23H24ClFN6O4/c1-10(25)18-23(5-6-23)35-22(33)31(18)21-28-12(3)27-20(30-21)26-11(2)14-7-13-8-15(24)17(34-4)9-16(13)29-19(14)32/h7-11,18H,5-6H2,1-4H3,(H,29,32)(H,26,27,28,30)/t10?,11-,18-/m0/s1. The molecule has 1 saturated heterocycles. The zero-order valence-corrected chi connectivity index (χ0v) is 20.3. The van der Waals surface area contributed by atoms with E-state index in [0.717, 1.165) is 5.39 Å². The summed E-state index contributed by atoms with van der Waals surface area (Å²) in [6, 6.07) is 3.76. The lowest BCUT2D eigenvalue weighted by Gasteiger charge is -2.24. The van der Waals surface area contributed by atoms with E-state index in [0.29, 0.717) is 40.5 Å².